The summed E-state index contributed by atoms with van der Waals surface area (Å²) >= 11 is 6.14. The summed E-state index contributed by atoms with van der Waals surface area (Å²) in [6.07, 6.45) is 0.244. The van der Waals surface area contributed by atoms with Gasteiger partial charge in [0.2, 0.25) is 11.8 Å². The van der Waals surface area contributed by atoms with Crippen LogP contribution < -0.4 is 9.62 Å². The first-order valence-corrected chi connectivity index (χ1v) is 16.3. The average Bonchev–Trinajstić information content (AvgIpc) is 3.00. The summed E-state index contributed by atoms with van der Waals surface area (Å²) < 4.78 is 29.5. The number of rotatable bonds is 12. The van der Waals surface area contributed by atoms with Gasteiger partial charge in [-0.05, 0) is 80.3 Å². The monoisotopic (exact) mass is 631 g/mol. The van der Waals surface area contributed by atoms with E-state index in [1.165, 1.54) is 17.0 Å². The van der Waals surface area contributed by atoms with Crippen LogP contribution in [0.15, 0.2) is 108 Å². The number of nitrogens with one attached hydrogen (secondary N) is 1. The van der Waals surface area contributed by atoms with Gasteiger partial charge in [0.25, 0.3) is 10.0 Å². The van der Waals surface area contributed by atoms with Crippen molar-refractivity contribution in [3.63, 3.8) is 0 Å². The lowest BCUT2D eigenvalue weighted by molar-refractivity contribution is -0.140. The number of halogens is 1. The van der Waals surface area contributed by atoms with E-state index in [4.69, 9.17) is 11.6 Å². The predicted molar refractivity (Wildman–Crippen MR) is 176 cm³/mol. The average molecular weight is 632 g/mol. The summed E-state index contributed by atoms with van der Waals surface area (Å²) in [6, 6.07) is 28.9. The van der Waals surface area contributed by atoms with Crippen LogP contribution in [0.5, 0.6) is 0 Å². The second-order valence-corrected chi connectivity index (χ2v) is 13.4. The molecule has 0 aliphatic rings. The Balaban J connectivity index is 1.82. The molecule has 0 aromatic heterocycles. The van der Waals surface area contributed by atoms with E-state index in [9.17, 15) is 18.0 Å². The fourth-order valence-electron chi connectivity index (χ4n) is 4.96. The van der Waals surface area contributed by atoms with Crippen molar-refractivity contribution >= 4 is 39.1 Å². The SMILES string of the molecule is Cc1cccc(N(CC(=O)N(Cc2ccc(Cl)cc2)C(Cc2ccccc2)C(=O)NC(C)C)S(=O)(=O)c2ccccc2)c1C. The molecule has 0 fully saturated rings. The maximum atomic E-state index is 14.5. The first-order chi connectivity index (χ1) is 21.0. The molecule has 1 atom stereocenters. The van der Waals surface area contributed by atoms with Crippen LogP contribution >= 0.6 is 11.6 Å². The van der Waals surface area contributed by atoms with E-state index in [-0.39, 0.29) is 29.8 Å². The Kier molecular flexibility index (Phi) is 10.8. The maximum absolute atomic E-state index is 14.5. The Bertz CT molecular complexity index is 1680. The zero-order valence-corrected chi connectivity index (χ0v) is 27.0. The highest BCUT2D eigenvalue weighted by molar-refractivity contribution is 7.92. The molecule has 44 heavy (non-hydrogen) atoms. The van der Waals surface area contributed by atoms with Crippen LogP contribution in [-0.2, 0) is 32.6 Å². The first-order valence-electron chi connectivity index (χ1n) is 14.5. The van der Waals surface area contributed by atoms with Gasteiger partial charge in [0, 0.05) is 24.0 Å². The molecule has 2 amide bonds. The molecular formula is C35H38ClN3O4S. The molecular weight excluding hydrogens is 594 g/mol. The molecule has 0 spiro atoms. The third-order valence-electron chi connectivity index (χ3n) is 7.42. The van der Waals surface area contributed by atoms with Gasteiger partial charge in [-0.2, -0.15) is 0 Å². The number of carbonyl (C=O) groups is 2. The standard InChI is InChI=1S/C35H38ClN3O4S/c1-25(2)37-35(41)33(22-28-13-7-5-8-14-28)38(23-29-18-20-30(36)21-19-29)34(40)24-39(32-17-11-12-26(3)27(32)4)44(42,43)31-15-9-6-10-16-31/h5-21,25,33H,22-24H2,1-4H3,(H,37,41). The van der Waals surface area contributed by atoms with Gasteiger partial charge in [-0.1, -0.05) is 84.4 Å². The van der Waals surface area contributed by atoms with E-state index in [2.05, 4.69) is 5.32 Å². The molecule has 1 N–H and O–H groups in total. The summed E-state index contributed by atoms with van der Waals surface area (Å²) in [5, 5.41) is 3.51. The number of nitrogens with zero attached hydrogens (tertiary/aromatic N) is 2. The number of aryl methyl sites for hydroxylation is 1. The van der Waals surface area contributed by atoms with E-state index in [1.807, 2.05) is 64.1 Å². The highest BCUT2D eigenvalue weighted by Gasteiger charge is 2.35. The number of carbonyl (C=O) groups excluding carboxylic acids is 2. The smallest absolute Gasteiger partial charge is 0.264 e. The maximum Gasteiger partial charge on any atom is 0.264 e. The Morgan fingerprint density at radius 3 is 2.02 bits per heavy atom. The fraction of sp³-hybridized carbons (Fsp3) is 0.257. The lowest BCUT2D eigenvalue weighted by Crippen LogP contribution is -2.54. The Morgan fingerprint density at radius 1 is 0.795 bits per heavy atom. The largest absolute Gasteiger partial charge is 0.352 e. The summed E-state index contributed by atoms with van der Waals surface area (Å²) in [4.78, 5) is 29.8. The molecule has 9 heteroatoms. The third kappa shape index (κ3) is 8.07. The topological polar surface area (TPSA) is 86.8 Å². The van der Waals surface area contributed by atoms with Gasteiger partial charge >= 0.3 is 0 Å². The molecule has 0 heterocycles. The zero-order chi connectivity index (χ0) is 31.9. The Hall–Kier alpha value is -4.14. The van der Waals surface area contributed by atoms with E-state index >= 15 is 0 Å². The van der Waals surface area contributed by atoms with Crippen molar-refractivity contribution in [2.45, 2.75) is 57.6 Å². The van der Waals surface area contributed by atoms with E-state index in [1.54, 1.807) is 54.6 Å². The van der Waals surface area contributed by atoms with Gasteiger partial charge in [-0.3, -0.25) is 13.9 Å². The summed E-state index contributed by atoms with van der Waals surface area (Å²) in [5.41, 5.74) is 3.65. The second-order valence-electron chi connectivity index (χ2n) is 11.1. The number of sulfonamides is 1. The van der Waals surface area contributed by atoms with E-state index < -0.39 is 28.5 Å². The molecule has 4 aromatic rings. The van der Waals surface area contributed by atoms with Gasteiger partial charge in [0.1, 0.15) is 12.6 Å². The van der Waals surface area contributed by atoms with Crippen LogP contribution in [0, 0.1) is 13.8 Å². The molecule has 1 unspecified atom stereocenters. The zero-order valence-electron chi connectivity index (χ0n) is 25.4. The van der Waals surface area contributed by atoms with Crippen molar-refractivity contribution in [1.82, 2.24) is 10.2 Å². The fourth-order valence-corrected chi connectivity index (χ4v) is 6.58. The summed E-state index contributed by atoms with van der Waals surface area (Å²) in [6.45, 7) is 7.02. The van der Waals surface area contributed by atoms with Gasteiger partial charge in [-0.25, -0.2) is 8.42 Å². The van der Waals surface area contributed by atoms with E-state index in [0.29, 0.717) is 10.7 Å². The normalized spacial score (nSPS) is 12.0. The Labute approximate surface area is 265 Å². The molecule has 0 aliphatic heterocycles. The van der Waals surface area contributed by atoms with Gasteiger partial charge in [-0.15, -0.1) is 0 Å². The minimum atomic E-state index is -4.16. The summed E-state index contributed by atoms with van der Waals surface area (Å²) in [5.74, 6) is -0.837. The molecule has 0 saturated heterocycles. The third-order valence-corrected chi connectivity index (χ3v) is 9.45. The number of amides is 2. The highest BCUT2D eigenvalue weighted by atomic mass is 35.5. The minimum absolute atomic E-state index is 0.0661. The lowest BCUT2D eigenvalue weighted by Gasteiger charge is -2.34. The lowest BCUT2D eigenvalue weighted by atomic mass is 10.0. The first kappa shape index (κ1) is 32.8. The van der Waals surface area contributed by atoms with Crippen molar-refractivity contribution in [3.05, 3.63) is 130 Å². The van der Waals surface area contributed by atoms with Crippen molar-refractivity contribution in [2.75, 3.05) is 10.8 Å². The van der Waals surface area contributed by atoms with Crippen molar-refractivity contribution in [3.8, 4) is 0 Å². The molecule has 7 nitrogen and oxygen atoms in total. The number of anilines is 1. The molecule has 4 aromatic carbocycles. The van der Waals surface area contributed by atoms with Crippen LogP contribution in [-0.4, -0.2) is 43.8 Å². The number of benzene rings is 4. The van der Waals surface area contributed by atoms with Gasteiger partial charge < -0.3 is 10.2 Å². The number of hydrogen-bond donors (Lipinski definition) is 1. The van der Waals surface area contributed by atoms with Crippen LogP contribution in [0.2, 0.25) is 5.02 Å². The van der Waals surface area contributed by atoms with Crippen LogP contribution in [0.4, 0.5) is 5.69 Å². The van der Waals surface area contributed by atoms with Crippen LogP contribution in [0.1, 0.15) is 36.1 Å². The number of hydrogen-bond acceptors (Lipinski definition) is 4. The molecule has 230 valence electrons. The second kappa shape index (κ2) is 14.6. The van der Waals surface area contributed by atoms with Crippen molar-refractivity contribution < 1.29 is 18.0 Å². The minimum Gasteiger partial charge on any atom is -0.352 e. The summed E-state index contributed by atoms with van der Waals surface area (Å²) in [7, 11) is -4.16. The predicted octanol–water partition coefficient (Wildman–Crippen LogP) is 6.32. The molecule has 0 aliphatic carbocycles. The molecule has 0 radical (unpaired) electrons. The van der Waals surface area contributed by atoms with Crippen LogP contribution in [0.25, 0.3) is 0 Å². The van der Waals surface area contributed by atoms with Gasteiger partial charge in [0.05, 0.1) is 10.6 Å². The Morgan fingerprint density at radius 2 is 1.41 bits per heavy atom. The molecule has 4 rings (SSSR count). The molecule has 0 bridgehead atoms. The van der Waals surface area contributed by atoms with E-state index in [0.717, 1.165) is 26.6 Å². The van der Waals surface area contributed by atoms with Gasteiger partial charge in [0.15, 0.2) is 0 Å². The van der Waals surface area contributed by atoms with Crippen LogP contribution in [0.3, 0.4) is 0 Å². The highest BCUT2D eigenvalue weighted by Crippen LogP contribution is 2.29. The quantitative estimate of drug-likeness (QED) is 0.198. The molecule has 0 saturated carbocycles. The van der Waals surface area contributed by atoms with Crippen molar-refractivity contribution in [1.29, 1.82) is 0 Å². The van der Waals surface area contributed by atoms with Crippen molar-refractivity contribution in [2.24, 2.45) is 0 Å².